The zero-order valence-electron chi connectivity index (χ0n) is 9.49. The highest BCUT2D eigenvalue weighted by atomic mass is 79.9. The van der Waals surface area contributed by atoms with Crippen LogP contribution in [0.5, 0.6) is 0 Å². The second kappa shape index (κ2) is 4.94. The van der Waals surface area contributed by atoms with Crippen molar-refractivity contribution in [3.8, 4) is 0 Å². The first-order chi connectivity index (χ1) is 8.74. The Hall–Kier alpha value is -1.00. The van der Waals surface area contributed by atoms with Crippen LogP contribution in [0.1, 0.15) is 11.6 Å². The van der Waals surface area contributed by atoms with Crippen LogP contribution in [0.15, 0.2) is 51.8 Å². The molecule has 0 spiro atoms. The van der Waals surface area contributed by atoms with E-state index in [9.17, 15) is 4.39 Å². The standard InChI is InChI=1S/C14H11BrFNS/c15-11-6-5-9(16)7-12(11)17-13-8-18-14-4-2-1-3-10(13)14/h1-7,13,17H,8H2. The molecule has 0 saturated carbocycles. The largest absolute Gasteiger partial charge is 0.376 e. The summed E-state index contributed by atoms with van der Waals surface area (Å²) >= 11 is 5.28. The summed E-state index contributed by atoms with van der Waals surface area (Å²) in [6.07, 6.45) is 0. The predicted molar refractivity (Wildman–Crippen MR) is 77.6 cm³/mol. The maximum absolute atomic E-state index is 13.3. The molecule has 0 bridgehead atoms. The van der Waals surface area contributed by atoms with Crippen molar-refractivity contribution in [2.75, 3.05) is 11.1 Å². The van der Waals surface area contributed by atoms with E-state index in [2.05, 4.69) is 33.4 Å². The number of hydrogen-bond acceptors (Lipinski definition) is 2. The van der Waals surface area contributed by atoms with E-state index in [0.717, 1.165) is 15.9 Å². The van der Waals surface area contributed by atoms with Crippen LogP contribution >= 0.6 is 27.7 Å². The van der Waals surface area contributed by atoms with E-state index in [1.807, 2.05) is 23.9 Å². The van der Waals surface area contributed by atoms with Crippen LogP contribution in [0.25, 0.3) is 0 Å². The van der Waals surface area contributed by atoms with Gasteiger partial charge in [-0.2, -0.15) is 0 Å². The SMILES string of the molecule is Fc1ccc(Br)c(NC2CSc3ccccc32)c1. The van der Waals surface area contributed by atoms with Gasteiger partial charge in [0, 0.05) is 15.1 Å². The Morgan fingerprint density at radius 3 is 2.94 bits per heavy atom. The molecular weight excluding hydrogens is 313 g/mol. The fourth-order valence-corrected chi connectivity index (χ4v) is 3.60. The zero-order valence-corrected chi connectivity index (χ0v) is 11.9. The van der Waals surface area contributed by atoms with Crippen molar-refractivity contribution in [2.45, 2.75) is 10.9 Å². The van der Waals surface area contributed by atoms with Gasteiger partial charge in [0.15, 0.2) is 0 Å². The number of fused-ring (bicyclic) bond motifs is 1. The molecule has 3 rings (SSSR count). The zero-order chi connectivity index (χ0) is 12.5. The van der Waals surface area contributed by atoms with Gasteiger partial charge in [-0.25, -0.2) is 4.39 Å². The lowest BCUT2D eigenvalue weighted by Gasteiger charge is -2.16. The van der Waals surface area contributed by atoms with E-state index in [1.165, 1.54) is 22.6 Å². The van der Waals surface area contributed by atoms with Gasteiger partial charge in [-0.05, 0) is 45.8 Å². The van der Waals surface area contributed by atoms with Crippen LogP contribution in [0.2, 0.25) is 0 Å². The Balaban J connectivity index is 1.88. The molecule has 0 fully saturated rings. The summed E-state index contributed by atoms with van der Waals surface area (Å²) < 4.78 is 14.1. The van der Waals surface area contributed by atoms with Crippen LogP contribution in [0, 0.1) is 5.82 Å². The topological polar surface area (TPSA) is 12.0 Å². The Morgan fingerprint density at radius 1 is 1.22 bits per heavy atom. The molecule has 1 unspecified atom stereocenters. The molecule has 0 radical (unpaired) electrons. The fraction of sp³-hybridized carbons (Fsp3) is 0.143. The third kappa shape index (κ3) is 2.27. The maximum Gasteiger partial charge on any atom is 0.125 e. The van der Waals surface area contributed by atoms with Crippen LogP contribution in [-0.2, 0) is 0 Å². The van der Waals surface area contributed by atoms with Crippen LogP contribution < -0.4 is 5.32 Å². The van der Waals surface area contributed by atoms with E-state index in [1.54, 1.807) is 6.07 Å². The first-order valence-corrected chi connectivity index (χ1v) is 7.45. The number of benzene rings is 2. The van der Waals surface area contributed by atoms with E-state index >= 15 is 0 Å². The first kappa shape index (κ1) is 12.1. The van der Waals surface area contributed by atoms with Crippen molar-refractivity contribution in [2.24, 2.45) is 0 Å². The normalized spacial score (nSPS) is 17.6. The Bertz CT molecular complexity index is 588. The molecule has 1 aliphatic heterocycles. The summed E-state index contributed by atoms with van der Waals surface area (Å²) in [5.74, 6) is 0.752. The number of halogens is 2. The lowest BCUT2D eigenvalue weighted by molar-refractivity contribution is 0.627. The predicted octanol–water partition coefficient (Wildman–Crippen LogP) is 4.85. The molecule has 1 heterocycles. The van der Waals surface area contributed by atoms with Gasteiger partial charge in [0.2, 0.25) is 0 Å². The monoisotopic (exact) mass is 323 g/mol. The molecule has 1 nitrogen and oxygen atoms in total. The Labute approximate surface area is 118 Å². The number of nitrogens with one attached hydrogen (secondary N) is 1. The molecule has 1 aliphatic rings. The molecular formula is C14H11BrFNS. The molecule has 1 atom stereocenters. The highest BCUT2D eigenvalue weighted by Crippen LogP contribution is 2.40. The van der Waals surface area contributed by atoms with Gasteiger partial charge in [0.1, 0.15) is 5.82 Å². The number of anilines is 1. The molecule has 92 valence electrons. The second-order valence-corrected chi connectivity index (χ2v) is 6.09. The third-order valence-electron chi connectivity index (χ3n) is 2.96. The fourth-order valence-electron chi connectivity index (χ4n) is 2.08. The average molecular weight is 324 g/mol. The highest BCUT2D eigenvalue weighted by Gasteiger charge is 2.22. The van der Waals surface area contributed by atoms with Gasteiger partial charge in [0.25, 0.3) is 0 Å². The molecule has 4 heteroatoms. The molecule has 0 aromatic heterocycles. The molecule has 0 saturated heterocycles. The van der Waals surface area contributed by atoms with Crippen molar-refractivity contribution in [3.63, 3.8) is 0 Å². The highest BCUT2D eigenvalue weighted by molar-refractivity contribution is 9.10. The third-order valence-corrected chi connectivity index (χ3v) is 4.83. The van der Waals surface area contributed by atoms with E-state index in [4.69, 9.17) is 0 Å². The van der Waals surface area contributed by atoms with Gasteiger partial charge < -0.3 is 5.32 Å². The Kier molecular flexibility index (Phi) is 3.31. The molecule has 2 aromatic rings. The van der Waals surface area contributed by atoms with Crippen LogP contribution in [-0.4, -0.2) is 5.75 Å². The summed E-state index contributed by atoms with van der Waals surface area (Å²) in [7, 11) is 0. The summed E-state index contributed by atoms with van der Waals surface area (Å²) in [6.45, 7) is 0. The molecule has 0 aliphatic carbocycles. The summed E-state index contributed by atoms with van der Waals surface area (Å²) in [6, 6.07) is 13.3. The van der Waals surface area contributed by atoms with E-state index < -0.39 is 0 Å². The van der Waals surface area contributed by atoms with Crippen molar-refractivity contribution >= 4 is 33.4 Å². The van der Waals surface area contributed by atoms with Crippen molar-refractivity contribution in [1.82, 2.24) is 0 Å². The molecule has 0 amide bonds. The lowest BCUT2D eigenvalue weighted by Crippen LogP contribution is -2.10. The summed E-state index contributed by atoms with van der Waals surface area (Å²) in [5.41, 5.74) is 2.09. The van der Waals surface area contributed by atoms with Gasteiger partial charge in [-0.1, -0.05) is 18.2 Å². The summed E-state index contributed by atoms with van der Waals surface area (Å²) in [5, 5.41) is 3.40. The number of rotatable bonds is 2. The molecule has 18 heavy (non-hydrogen) atoms. The lowest BCUT2D eigenvalue weighted by atomic mass is 10.1. The molecule has 2 aromatic carbocycles. The molecule has 1 N–H and O–H groups in total. The van der Waals surface area contributed by atoms with Crippen LogP contribution in [0.4, 0.5) is 10.1 Å². The smallest absolute Gasteiger partial charge is 0.125 e. The van der Waals surface area contributed by atoms with Gasteiger partial charge in [0.05, 0.1) is 11.7 Å². The maximum atomic E-state index is 13.3. The van der Waals surface area contributed by atoms with Gasteiger partial charge in [-0.3, -0.25) is 0 Å². The second-order valence-electron chi connectivity index (χ2n) is 4.17. The minimum Gasteiger partial charge on any atom is -0.376 e. The van der Waals surface area contributed by atoms with E-state index in [0.29, 0.717) is 0 Å². The quantitative estimate of drug-likeness (QED) is 0.848. The first-order valence-electron chi connectivity index (χ1n) is 5.67. The van der Waals surface area contributed by atoms with Crippen LogP contribution in [0.3, 0.4) is 0 Å². The minimum absolute atomic E-state index is 0.223. The van der Waals surface area contributed by atoms with Gasteiger partial charge in [-0.15, -0.1) is 11.8 Å². The number of thioether (sulfide) groups is 1. The van der Waals surface area contributed by atoms with Gasteiger partial charge >= 0.3 is 0 Å². The van der Waals surface area contributed by atoms with Crippen molar-refractivity contribution in [1.29, 1.82) is 0 Å². The average Bonchev–Trinajstić information content (AvgIpc) is 2.78. The van der Waals surface area contributed by atoms with Crippen molar-refractivity contribution in [3.05, 3.63) is 58.3 Å². The summed E-state index contributed by atoms with van der Waals surface area (Å²) in [4.78, 5) is 1.31. The minimum atomic E-state index is -0.223. The van der Waals surface area contributed by atoms with Crippen molar-refractivity contribution < 1.29 is 4.39 Å². The number of hydrogen-bond donors (Lipinski definition) is 1. The Morgan fingerprint density at radius 2 is 2.06 bits per heavy atom. The van der Waals surface area contributed by atoms with E-state index in [-0.39, 0.29) is 11.9 Å².